The first-order valence-electron chi connectivity index (χ1n) is 7.09. The maximum Gasteiger partial charge on any atom is 0.0509 e. The molecule has 0 aliphatic carbocycles. The van der Waals surface area contributed by atoms with E-state index in [1.165, 1.54) is 5.56 Å². The molecule has 0 saturated carbocycles. The van der Waals surface area contributed by atoms with Crippen molar-refractivity contribution in [1.29, 1.82) is 0 Å². The number of likely N-dealkylation sites (N-methyl/N-ethyl adjacent to an activating group) is 1. The van der Waals surface area contributed by atoms with E-state index in [4.69, 9.17) is 5.73 Å². The fourth-order valence-electron chi connectivity index (χ4n) is 2.85. The van der Waals surface area contributed by atoms with Crippen molar-refractivity contribution < 1.29 is 0 Å². The molecule has 1 unspecified atom stereocenters. The zero-order valence-corrected chi connectivity index (χ0v) is 12.7. The van der Waals surface area contributed by atoms with Gasteiger partial charge in [-0.1, -0.05) is 30.3 Å². The second kappa shape index (κ2) is 5.23. The van der Waals surface area contributed by atoms with Crippen LogP contribution in [0.3, 0.4) is 0 Å². The van der Waals surface area contributed by atoms with Gasteiger partial charge in [-0.2, -0.15) is 0 Å². The summed E-state index contributed by atoms with van der Waals surface area (Å²) in [6.45, 7) is 10.9. The summed E-state index contributed by atoms with van der Waals surface area (Å²) in [6.07, 6.45) is 0. The van der Waals surface area contributed by atoms with Gasteiger partial charge in [0.1, 0.15) is 0 Å². The van der Waals surface area contributed by atoms with Crippen molar-refractivity contribution in [1.82, 2.24) is 9.80 Å². The lowest BCUT2D eigenvalue weighted by atomic mass is 9.91. The van der Waals surface area contributed by atoms with Gasteiger partial charge in [0, 0.05) is 31.7 Å². The van der Waals surface area contributed by atoms with Crippen LogP contribution in [0.1, 0.15) is 26.3 Å². The average molecular weight is 261 g/mol. The molecule has 0 amide bonds. The third kappa shape index (κ3) is 3.35. The van der Waals surface area contributed by atoms with E-state index in [0.29, 0.717) is 0 Å². The van der Waals surface area contributed by atoms with Crippen LogP contribution in [0.15, 0.2) is 30.3 Å². The number of nitrogens with two attached hydrogens (primary N) is 1. The Kier molecular flexibility index (Phi) is 4.00. The fourth-order valence-corrected chi connectivity index (χ4v) is 2.85. The van der Waals surface area contributed by atoms with Gasteiger partial charge in [-0.25, -0.2) is 0 Å². The summed E-state index contributed by atoms with van der Waals surface area (Å²) in [6, 6.07) is 10.4. The van der Waals surface area contributed by atoms with Gasteiger partial charge in [-0.15, -0.1) is 0 Å². The predicted molar refractivity (Wildman–Crippen MR) is 81.1 cm³/mol. The van der Waals surface area contributed by atoms with Crippen LogP contribution in [0.4, 0.5) is 0 Å². The molecule has 0 spiro atoms. The van der Waals surface area contributed by atoms with Crippen molar-refractivity contribution in [3.05, 3.63) is 35.9 Å². The molecule has 1 aromatic carbocycles. The molecule has 1 aromatic rings. The lowest BCUT2D eigenvalue weighted by molar-refractivity contribution is 0.0297. The molecular weight excluding hydrogens is 234 g/mol. The Hall–Kier alpha value is -0.900. The van der Waals surface area contributed by atoms with Gasteiger partial charge in [-0.3, -0.25) is 9.80 Å². The molecule has 1 heterocycles. The van der Waals surface area contributed by atoms with Crippen LogP contribution in [0.25, 0.3) is 0 Å². The standard InChI is InChI=1S/C16H27N3/c1-15(2)12-19(11-10-18(15)4)13-16(3,17)14-8-6-5-7-9-14/h5-9H,10-13,17H2,1-4H3. The number of hydrogen-bond donors (Lipinski definition) is 1. The Balaban J connectivity index is 2.05. The maximum atomic E-state index is 6.54. The minimum Gasteiger partial charge on any atom is -0.321 e. The lowest BCUT2D eigenvalue weighted by Crippen LogP contribution is -2.60. The van der Waals surface area contributed by atoms with Crippen LogP contribution in [0.5, 0.6) is 0 Å². The zero-order chi connectivity index (χ0) is 14.1. The summed E-state index contributed by atoms with van der Waals surface area (Å²) in [5.41, 5.74) is 7.69. The van der Waals surface area contributed by atoms with E-state index in [-0.39, 0.29) is 11.1 Å². The molecule has 0 bridgehead atoms. The first-order valence-corrected chi connectivity index (χ1v) is 7.09. The summed E-state index contributed by atoms with van der Waals surface area (Å²) < 4.78 is 0. The van der Waals surface area contributed by atoms with Crippen LogP contribution in [0.2, 0.25) is 0 Å². The number of hydrogen-bond acceptors (Lipinski definition) is 3. The number of rotatable bonds is 3. The molecule has 1 saturated heterocycles. The molecule has 3 heteroatoms. The van der Waals surface area contributed by atoms with Crippen molar-refractivity contribution in [3.8, 4) is 0 Å². The highest BCUT2D eigenvalue weighted by Gasteiger charge is 2.34. The topological polar surface area (TPSA) is 32.5 Å². The summed E-state index contributed by atoms with van der Waals surface area (Å²) >= 11 is 0. The van der Waals surface area contributed by atoms with Gasteiger partial charge in [0.05, 0.1) is 5.54 Å². The van der Waals surface area contributed by atoms with Gasteiger partial charge < -0.3 is 5.73 Å². The number of benzene rings is 1. The third-order valence-electron chi connectivity index (χ3n) is 4.38. The minimum atomic E-state index is -0.284. The fraction of sp³-hybridized carbons (Fsp3) is 0.625. The largest absolute Gasteiger partial charge is 0.321 e. The average Bonchev–Trinajstić information content (AvgIpc) is 2.34. The van der Waals surface area contributed by atoms with E-state index in [9.17, 15) is 0 Å². The molecule has 1 fully saturated rings. The minimum absolute atomic E-state index is 0.227. The molecule has 0 aromatic heterocycles. The monoisotopic (exact) mass is 261 g/mol. The summed E-state index contributed by atoms with van der Waals surface area (Å²) in [4.78, 5) is 4.92. The van der Waals surface area contributed by atoms with Crippen LogP contribution in [-0.4, -0.2) is 48.6 Å². The molecule has 19 heavy (non-hydrogen) atoms. The summed E-state index contributed by atoms with van der Waals surface area (Å²) in [5.74, 6) is 0. The normalized spacial score (nSPS) is 24.1. The number of nitrogens with zero attached hydrogens (tertiary/aromatic N) is 2. The van der Waals surface area contributed by atoms with E-state index >= 15 is 0 Å². The molecule has 3 nitrogen and oxygen atoms in total. The second-order valence-electron chi connectivity index (χ2n) is 6.73. The molecule has 2 rings (SSSR count). The smallest absolute Gasteiger partial charge is 0.0509 e. The second-order valence-corrected chi connectivity index (χ2v) is 6.73. The van der Waals surface area contributed by atoms with Crippen molar-refractivity contribution in [2.75, 3.05) is 33.2 Å². The molecule has 106 valence electrons. The zero-order valence-electron chi connectivity index (χ0n) is 12.7. The third-order valence-corrected chi connectivity index (χ3v) is 4.38. The van der Waals surface area contributed by atoms with Gasteiger partial charge in [0.2, 0.25) is 0 Å². The molecule has 1 aliphatic heterocycles. The van der Waals surface area contributed by atoms with Crippen molar-refractivity contribution >= 4 is 0 Å². The first-order chi connectivity index (χ1) is 8.81. The molecular formula is C16H27N3. The van der Waals surface area contributed by atoms with Crippen molar-refractivity contribution in [2.45, 2.75) is 31.8 Å². The molecule has 1 aliphatic rings. The quantitative estimate of drug-likeness (QED) is 0.902. The Morgan fingerprint density at radius 3 is 2.42 bits per heavy atom. The van der Waals surface area contributed by atoms with Gasteiger partial charge in [0.25, 0.3) is 0 Å². The highest BCUT2D eigenvalue weighted by molar-refractivity contribution is 5.23. The van der Waals surface area contributed by atoms with Gasteiger partial charge in [0.15, 0.2) is 0 Å². The van der Waals surface area contributed by atoms with E-state index < -0.39 is 0 Å². The van der Waals surface area contributed by atoms with Crippen molar-refractivity contribution in [3.63, 3.8) is 0 Å². The molecule has 0 radical (unpaired) electrons. The Morgan fingerprint density at radius 2 is 1.84 bits per heavy atom. The van der Waals surface area contributed by atoms with Gasteiger partial charge >= 0.3 is 0 Å². The number of piperazine rings is 1. The summed E-state index contributed by atoms with van der Waals surface area (Å²) in [7, 11) is 2.20. The maximum absolute atomic E-state index is 6.54. The highest BCUT2D eigenvalue weighted by Crippen LogP contribution is 2.23. The van der Waals surface area contributed by atoms with E-state index in [1.54, 1.807) is 0 Å². The van der Waals surface area contributed by atoms with Crippen LogP contribution < -0.4 is 5.73 Å². The first kappa shape index (κ1) is 14.5. The van der Waals surface area contributed by atoms with Crippen LogP contribution >= 0.6 is 0 Å². The lowest BCUT2D eigenvalue weighted by Gasteiger charge is -2.47. The highest BCUT2D eigenvalue weighted by atomic mass is 15.3. The Bertz CT molecular complexity index is 411. The SMILES string of the molecule is CN1CCN(CC(C)(N)c2ccccc2)CC1(C)C. The van der Waals surface area contributed by atoms with E-state index in [1.807, 2.05) is 6.07 Å². The Morgan fingerprint density at radius 1 is 1.21 bits per heavy atom. The van der Waals surface area contributed by atoms with Crippen molar-refractivity contribution in [2.24, 2.45) is 5.73 Å². The predicted octanol–water partition coefficient (Wildman–Crippen LogP) is 1.89. The van der Waals surface area contributed by atoms with Crippen LogP contribution in [-0.2, 0) is 5.54 Å². The van der Waals surface area contributed by atoms with Gasteiger partial charge in [-0.05, 0) is 33.4 Å². The van der Waals surface area contributed by atoms with Crippen LogP contribution in [0, 0.1) is 0 Å². The van der Waals surface area contributed by atoms with E-state index in [0.717, 1.165) is 26.2 Å². The summed E-state index contributed by atoms with van der Waals surface area (Å²) in [5, 5.41) is 0. The van der Waals surface area contributed by atoms with E-state index in [2.05, 4.69) is 61.9 Å². The molecule has 2 N–H and O–H groups in total. The molecule has 1 atom stereocenters. The Labute approximate surface area is 117 Å².